The van der Waals surface area contributed by atoms with Gasteiger partial charge in [0.05, 0.1) is 0 Å². The maximum Gasteiger partial charge on any atom is 0.573 e. The van der Waals surface area contributed by atoms with Crippen molar-refractivity contribution in [1.29, 1.82) is 0 Å². The molecule has 0 aliphatic heterocycles. The first kappa shape index (κ1) is 15.9. The standard InChI is InChI=1S/C14H9Cl2F3O2/c15-10-4-9(5-11(16)7-10)13(20)8-2-1-3-12(6-8)21-14(17,18)19/h1-7,13,20H. The van der Waals surface area contributed by atoms with Crippen LogP contribution in [0.4, 0.5) is 13.2 Å². The van der Waals surface area contributed by atoms with E-state index in [0.29, 0.717) is 15.6 Å². The number of ether oxygens (including phenoxy) is 1. The van der Waals surface area contributed by atoms with Gasteiger partial charge in [-0.2, -0.15) is 0 Å². The fraction of sp³-hybridized carbons (Fsp3) is 0.143. The highest BCUT2D eigenvalue weighted by molar-refractivity contribution is 6.34. The van der Waals surface area contributed by atoms with Crippen molar-refractivity contribution in [1.82, 2.24) is 0 Å². The Bertz CT molecular complexity index is 624. The molecular formula is C14H9Cl2F3O2. The Morgan fingerprint density at radius 1 is 0.952 bits per heavy atom. The molecule has 0 saturated heterocycles. The molecule has 0 aliphatic rings. The quantitative estimate of drug-likeness (QED) is 0.857. The Labute approximate surface area is 128 Å². The maximum absolute atomic E-state index is 12.2. The second kappa shape index (κ2) is 6.13. The van der Waals surface area contributed by atoms with E-state index in [0.717, 1.165) is 12.1 Å². The van der Waals surface area contributed by atoms with Crippen LogP contribution in [-0.4, -0.2) is 11.5 Å². The number of hydrogen-bond donors (Lipinski definition) is 1. The van der Waals surface area contributed by atoms with Gasteiger partial charge in [0.15, 0.2) is 0 Å². The molecule has 0 saturated carbocycles. The molecule has 2 aromatic rings. The van der Waals surface area contributed by atoms with E-state index >= 15 is 0 Å². The Kier molecular flexibility index (Phi) is 4.66. The first-order valence-electron chi connectivity index (χ1n) is 5.74. The Hall–Kier alpha value is -1.43. The molecule has 2 rings (SSSR count). The molecule has 2 nitrogen and oxygen atoms in total. The van der Waals surface area contributed by atoms with Crippen molar-refractivity contribution >= 4 is 23.2 Å². The first-order valence-corrected chi connectivity index (χ1v) is 6.50. The van der Waals surface area contributed by atoms with E-state index in [1.165, 1.54) is 30.3 Å². The number of rotatable bonds is 3. The lowest BCUT2D eigenvalue weighted by Crippen LogP contribution is -2.17. The van der Waals surface area contributed by atoms with Crippen LogP contribution in [0.3, 0.4) is 0 Å². The molecule has 7 heteroatoms. The number of aliphatic hydroxyl groups excluding tert-OH is 1. The van der Waals surface area contributed by atoms with Gasteiger partial charge in [-0.05, 0) is 41.5 Å². The molecule has 0 fully saturated rings. The second-order valence-corrected chi connectivity index (χ2v) is 5.10. The highest BCUT2D eigenvalue weighted by Crippen LogP contribution is 2.30. The monoisotopic (exact) mass is 336 g/mol. The molecule has 1 atom stereocenters. The Balaban J connectivity index is 2.30. The predicted octanol–water partition coefficient (Wildman–Crippen LogP) is 4.97. The summed E-state index contributed by atoms with van der Waals surface area (Å²) in [6, 6.07) is 9.53. The number of halogens is 5. The van der Waals surface area contributed by atoms with Crippen molar-refractivity contribution in [2.75, 3.05) is 0 Å². The van der Waals surface area contributed by atoms with Crippen molar-refractivity contribution < 1.29 is 23.0 Å². The summed E-state index contributed by atoms with van der Waals surface area (Å²) in [5, 5.41) is 10.8. The summed E-state index contributed by atoms with van der Waals surface area (Å²) in [6.07, 6.45) is -5.96. The minimum Gasteiger partial charge on any atom is -0.406 e. The van der Waals surface area contributed by atoms with Crippen molar-refractivity contribution in [3.63, 3.8) is 0 Å². The molecule has 0 amide bonds. The van der Waals surface area contributed by atoms with Gasteiger partial charge in [-0.15, -0.1) is 13.2 Å². The predicted molar refractivity (Wildman–Crippen MR) is 73.6 cm³/mol. The fourth-order valence-corrected chi connectivity index (χ4v) is 2.35. The summed E-state index contributed by atoms with van der Waals surface area (Å²) in [5.41, 5.74) is 0.603. The van der Waals surface area contributed by atoms with Crippen LogP contribution in [0, 0.1) is 0 Å². The smallest absolute Gasteiger partial charge is 0.406 e. The minimum absolute atomic E-state index is 0.232. The molecule has 21 heavy (non-hydrogen) atoms. The number of hydrogen-bond acceptors (Lipinski definition) is 2. The van der Waals surface area contributed by atoms with E-state index in [1.807, 2.05) is 0 Å². The Morgan fingerprint density at radius 3 is 2.14 bits per heavy atom. The van der Waals surface area contributed by atoms with E-state index in [2.05, 4.69) is 4.74 Å². The molecule has 1 unspecified atom stereocenters. The van der Waals surface area contributed by atoms with Crippen molar-refractivity contribution in [3.05, 3.63) is 63.6 Å². The summed E-state index contributed by atoms with van der Waals surface area (Å²) in [6.45, 7) is 0. The fourth-order valence-electron chi connectivity index (χ4n) is 1.81. The van der Waals surface area contributed by atoms with Gasteiger partial charge in [0.2, 0.25) is 0 Å². The molecule has 112 valence electrons. The van der Waals surface area contributed by atoms with Gasteiger partial charge in [-0.25, -0.2) is 0 Å². The molecule has 0 aliphatic carbocycles. The highest BCUT2D eigenvalue weighted by Gasteiger charge is 2.31. The molecule has 1 N–H and O–H groups in total. The topological polar surface area (TPSA) is 29.5 Å². The van der Waals surface area contributed by atoms with Crippen LogP contribution in [0.5, 0.6) is 5.75 Å². The van der Waals surface area contributed by atoms with Crippen LogP contribution >= 0.6 is 23.2 Å². The summed E-state index contributed by atoms with van der Waals surface area (Å²) in [5.74, 6) is -0.410. The molecule has 2 aromatic carbocycles. The van der Waals surface area contributed by atoms with Crippen molar-refractivity contribution in [2.45, 2.75) is 12.5 Å². The third kappa shape index (κ3) is 4.52. The Morgan fingerprint density at radius 2 is 1.57 bits per heavy atom. The highest BCUT2D eigenvalue weighted by atomic mass is 35.5. The van der Waals surface area contributed by atoms with E-state index in [9.17, 15) is 18.3 Å². The zero-order valence-corrected chi connectivity index (χ0v) is 11.9. The average molecular weight is 337 g/mol. The van der Waals surface area contributed by atoms with Crippen molar-refractivity contribution in [3.8, 4) is 5.75 Å². The van der Waals surface area contributed by atoms with Gasteiger partial charge in [0.1, 0.15) is 11.9 Å². The van der Waals surface area contributed by atoms with Crippen LogP contribution < -0.4 is 4.74 Å². The van der Waals surface area contributed by atoms with Crippen LogP contribution in [0.2, 0.25) is 10.0 Å². The molecule has 0 radical (unpaired) electrons. The van der Waals surface area contributed by atoms with E-state index in [-0.39, 0.29) is 5.56 Å². The maximum atomic E-state index is 12.2. The zero-order chi connectivity index (χ0) is 15.6. The van der Waals surface area contributed by atoms with Gasteiger partial charge < -0.3 is 9.84 Å². The molecular weight excluding hydrogens is 328 g/mol. The first-order chi connectivity index (χ1) is 9.74. The van der Waals surface area contributed by atoms with Crippen LogP contribution in [0.1, 0.15) is 17.2 Å². The van der Waals surface area contributed by atoms with Gasteiger partial charge in [-0.1, -0.05) is 35.3 Å². The lowest BCUT2D eigenvalue weighted by Gasteiger charge is -2.14. The summed E-state index contributed by atoms with van der Waals surface area (Å²) < 4.78 is 40.4. The molecule has 0 spiro atoms. The van der Waals surface area contributed by atoms with Crippen LogP contribution in [0.15, 0.2) is 42.5 Å². The molecule has 0 aromatic heterocycles. The van der Waals surface area contributed by atoms with E-state index in [4.69, 9.17) is 23.2 Å². The minimum atomic E-state index is -4.79. The largest absolute Gasteiger partial charge is 0.573 e. The SMILES string of the molecule is OC(c1cc(Cl)cc(Cl)c1)c1cccc(OC(F)(F)F)c1. The molecule has 0 heterocycles. The van der Waals surface area contributed by atoms with E-state index < -0.39 is 18.2 Å². The number of alkyl halides is 3. The van der Waals surface area contributed by atoms with E-state index in [1.54, 1.807) is 0 Å². The lowest BCUT2D eigenvalue weighted by molar-refractivity contribution is -0.274. The van der Waals surface area contributed by atoms with Crippen LogP contribution in [0.25, 0.3) is 0 Å². The van der Waals surface area contributed by atoms with Crippen molar-refractivity contribution in [2.24, 2.45) is 0 Å². The van der Waals surface area contributed by atoms with Gasteiger partial charge in [0, 0.05) is 10.0 Å². The summed E-state index contributed by atoms with van der Waals surface area (Å²) in [4.78, 5) is 0. The normalized spacial score (nSPS) is 13.0. The number of benzene rings is 2. The second-order valence-electron chi connectivity index (χ2n) is 4.23. The van der Waals surface area contributed by atoms with Gasteiger partial charge in [0.25, 0.3) is 0 Å². The average Bonchev–Trinajstić information content (AvgIpc) is 2.35. The molecule has 0 bridgehead atoms. The lowest BCUT2D eigenvalue weighted by atomic mass is 10.0. The van der Waals surface area contributed by atoms with Crippen LogP contribution in [-0.2, 0) is 0 Å². The van der Waals surface area contributed by atoms with Gasteiger partial charge >= 0.3 is 6.36 Å². The third-order valence-corrected chi connectivity index (χ3v) is 3.04. The van der Waals surface area contributed by atoms with Gasteiger partial charge in [-0.3, -0.25) is 0 Å². The zero-order valence-electron chi connectivity index (χ0n) is 10.4. The number of aliphatic hydroxyl groups is 1. The third-order valence-electron chi connectivity index (χ3n) is 2.61. The summed E-state index contributed by atoms with van der Waals surface area (Å²) >= 11 is 11.7. The summed E-state index contributed by atoms with van der Waals surface area (Å²) in [7, 11) is 0.